The van der Waals surface area contributed by atoms with Crippen molar-refractivity contribution in [1.82, 2.24) is 4.98 Å². The van der Waals surface area contributed by atoms with Crippen LogP contribution in [0.1, 0.15) is 15.9 Å². The monoisotopic (exact) mass is 327 g/mol. The van der Waals surface area contributed by atoms with Gasteiger partial charge in [-0.25, -0.2) is 4.39 Å². The molecule has 0 aliphatic carbocycles. The number of pyridine rings is 1. The van der Waals surface area contributed by atoms with Gasteiger partial charge in [0.1, 0.15) is 5.82 Å². The summed E-state index contributed by atoms with van der Waals surface area (Å²) < 4.78 is 13.8. The second-order valence-corrected chi connectivity index (χ2v) is 4.36. The first-order valence-corrected chi connectivity index (χ1v) is 5.66. The smallest absolute Gasteiger partial charge is 0.195 e. The number of carbonyl (C=O) groups excluding carboxylic acids is 1. The van der Waals surface area contributed by atoms with Crippen molar-refractivity contribution in [2.45, 2.75) is 0 Å². The minimum atomic E-state index is -0.503. The van der Waals surface area contributed by atoms with E-state index in [1.807, 2.05) is 12.1 Å². The van der Waals surface area contributed by atoms with Crippen LogP contribution in [-0.4, -0.2) is 10.8 Å². The van der Waals surface area contributed by atoms with E-state index in [1.165, 1.54) is 12.3 Å². The van der Waals surface area contributed by atoms with E-state index in [4.69, 9.17) is 0 Å². The van der Waals surface area contributed by atoms with Crippen molar-refractivity contribution >= 4 is 28.4 Å². The molecule has 0 saturated carbocycles. The van der Waals surface area contributed by atoms with Gasteiger partial charge in [-0.3, -0.25) is 9.78 Å². The molecule has 2 aromatic rings. The lowest BCUT2D eigenvalue weighted by atomic mass is 10.1. The Balaban J connectivity index is 2.44. The molecule has 0 saturated heterocycles. The largest absolute Gasteiger partial charge is 0.289 e. The fourth-order valence-corrected chi connectivity index (χ4v) is 1.97. The first-order chi connectivity index (χ1) is 7.68. The standard InChI is InChI=1S/C12H7FINO/c13-9-5-8(6-15-7-9)12(16)10-3-1-2-4-11(10)14/h1-7H. The summed E-state index contributed by atoms with van der Waals surface area (Å²) >= 11 is 2.08. The highest BCUT2D eigenvalue weighted by atomic mass is 127. The van der Waals surface area contributed by atoms with Crippen molar-refractivity contribution in [2.24, 2.45) is 0 Å². The molecule has 2 nitrogen and oxygen atoms in total. The highest BCUT2D eigenvalue weighted by Crippen LogP contribution is 2.16. The number of aromatic nitrogens is 1. The second kappa shape index (κ2) is 4.69. The molecule has 2 rings (SSSR count). The van der Waals surface area contributed by atoms with Gasteiger partial charge in [0, 0.05) is 20.9 Å². The average molecular weight is 327 g/mol. The van der Waals surface area contributed by atoms with E-state index in [0.717, 1.165) is 9.77 Å². The molecule has 0 unspecified atom stereocenters. The average Bonchev–Trinajstić information content (AvgIpc) is 2.29. The Morgan fingerprint density at radius 2 is 2.00 bits per heavy atom. The lowest BCUT2D eigenvalue weighted by molar-refractivity contribution is 0.103. The van der Waals surface area contributed by atoms with Gasteiger partial charge in [-0.1, -0.05) is 12.1 Å². The summed E-state index contributed by atoms with van der Waals surface area (Å²) in [5.74, 6) is -0.714. The second-order valence-electron chi connectivity index (χ2n) is 3.20. The summed E-state index contributed by atoms with van der Waals surface area (Å²) in [6, 6.07) is 8.37. The minimum absolute atomic E-state index is 0.211. The van der Waals surface area contributed by atoms with Crippen LogP contribution in [0.3, 0.4) is 0 Å². The topological polar surface area (TPSA) is 30.0 Å². The highest BCUT2D eigenvalue weighted by molar-refractivity contribution is 14.1. The Bertz CT molecular complexity index is 542. The summed E-state index contributed by atoms with van der Waals surface area (Å²) in [5.41, 5.74) is 0.833. The Morgan fingerprint density at radius 1 is 1.25 bits per heavy atom. The van der Waals surface area contributed by atoms with Crippen LogP contribution in [0.4, 0.5) is 4.39 Å². The number of halogens is 2. The van der Waals surface area contributed by atoms with E-state index in [1.54, 1.807) is 12.1 Å². The van der Waals surface area contributed by atoms with Crippen molar-refractivity contribution in [3.05, 3.63) is 63.2 Å². The van der Waals surface area contributed by atoms with E-state index in [9.17, 15) is 9.18 Å². The summed E-state index contributed by atoms with van der Waals surface area (Å²) in [4.78, 5) is 15.7. The minimum Gasteiger partial charge on any atom is -0.289 e. The Labute approximate surface area is 106 Å². The Kier molecular flexibility index (Phi) is 3.28. The van der Waals surface area contributed by atoms with Gasteiger partial charge in [0.05, 0.1) is 6.20 Å². The number of carbonyl (C=O) groups is 1. The van der Waals surface area contributed by atoms with E-state index in [-0.39, 0.29) is 11.3 Å². The maximum absolute atomic E-state index is 12.9. The number of benzene rings is 1. The molecular weight excluding hydrogens is 320 g/mol. The van der Waals surface area contributed by atoms with E-state index >= 15 is 0 Å². The number of nitrogens with zero attached hydrogens (tertiary/aromatic N) is 1. The Morgan fingerprint density at radius 3 is 2.69 bits per heavy atom. The fourth-order valence-electron chi connectivity index (χ4n) is 1.34. The third kappa shape index (κ3) is 2.27. The maximum atomic E-state index is 12.9. The molecule has 0 fully saturated rings. The molecule has 0 aliphatic heterocycles. The van der Waals surface area contributed by atoms with Gasteiger partial charge in [-0.05, 0) is 40.8 Å². The van der Waals surface area contributed by atoms with Gasteiger partial charge in [0.25, 0.3) is 0 Å². The molecule has 16 heavy (non-hydrogen) atoms. The van der Waals surface area contributed by atoms with Crippen LogP contribution in [-0.2, 0) is 0 Å². The maximum Gasteiger partial charge on any atom is 0.195 e. The van der Waals surface area contributed by atoms with E-state index in [0.29, 0.717) is 5.56 Å². The lowest BCUT2D eigenvalue weighted by Gasteiger charge is -2.02. The molecule has 1 heterocycles. The van der Waals surface area contributed by atoms with Gasteiger partial charge < -0.3 is 0 Å². The quantitative estimate of drug-likeness (QED) is 0.627. The van der Waals surface area contributed by atoms with Crippen molar-refractivity contribution in [3.8, 4) is 0 Å². The molecule has 0 spiro atoms. The molecule has 1 aromatic carbocycles. The number of ketones is 1. The molecule has 80 valence electrons. The van der Waals surface area contributed by atoms with Gasteiger partial charge in [0.2, 0.25) is 0 Å². The predicted octanol–water partition coefficient (Wildman–Crippen LogP) is 3.06. The van der Waals surface area contributed by atoms with Gasteiger partial charge >= 0.3 is 0 Å². The lowest BCUT2D eigenvalue weighted by Crippen LogP contribution is -2.04. The third-order valence-electron chi connectivity index (χ3n) is 2.09. The molecule has 0 aliphatic rings. The molecule has 1 aromatic heterocycles. The van der Waals surface area contributed by atoms with Crippen LogP contribution in [0.5, 0.6) is 0 Å². The SMILES string of the molecule is O=C(c1cncc(F)c1)c1ccccc1I. The van der Waals surface area contributed by atoms with Crippen LogP contribution in [0, 0.1) is 9.39 Å². The van der Waals surface area contributed by atoms with Crippen LogP contribution < -0.4 is 0 Å². The zero-order valence-electron chi connectivity index (χ0n) is 8.15. The number of hydrogen-bond acceptors (Lipinski definition) is 2. The van der Waals surface area contributed by atoms with Crippen LogP contribution in [0.15, 0.2) is 42.7 Å². The summed E-state index contributed by atoms with van der Waals surface area (Å²) in [5, 5.41) is 0. The summed E-state index contributed by atoms with van der Waals surface area (Å²) in [7, 11) is 0. The highest BCUT2D eigenvalue weighted by Gasteiger charge is 2.12. The first-order valence-electron chi connectivity index (χ1n) is 4.58. The van der Waals surface area contributed by atoms with Crippen LogP contribution in [0.25, 0.3) is 0 Å². The van der Waals surface area contributed by atoms with E-state index in [2.05, 4.69) is 27.6 Å². The molecule has 4 heteroatoms. The molecule has 0 bridgehead atoms. The van der Waals surface area contributed by atoms with Crippen molar-refractivity contribution in [2.75, 3.05) is 0 Å². The van der Waals surface area contributed by atoms with Crippen LogP contribution >= 0.6 is 22.6 Å². The molecular formula is C12H7FINO. The van der Waals surface area contributed by atoms with E-state index < -0.39 is 5.82 Å². The van der Waals surface area contributed by atoms with Gasteiger partial charge in [0.15, 0.2) is 5.78 Å². The van der Waals surface area contributed by atoms with Gasteiger partial charge in [-0.15, -0.1) is 0 Å². The van der Waals surface area contributed by atoms with Crippen LogP contribution in [0.2, 0.25) is 0 Å². The number of rotatable bonds is 2. The van der Waals surface area contributed by atoms with Gasteiger partial charge in [-0.2, -0.15) is 0 Å². The third-order valence-corrected chi connectivity index (χ3v) is 3.03. The first kappa shape index (κ1) is 11.2. The van der Waals surface area contributed by atoms with Crippen molar-refractivity contribution in [1.29, 1.82) is 0 Å². The number of hydrogen-bond donors (Lipinski definition) is 0. The fraction of sp³-hybridized carbons (Fsp3) is 0. The summed E-state index contributed by atoms with van der Waals surface area (Å²) in [6.45, 7) is 0. The Hall–Kier alpha value is -1.30. The zero-order chi connectivity index (χ0) is 11.5. The molecule has 0 amide bonds. The zero-order valence-corrected chi connectivity index (χ0v) is 10.3. The predicted molar refractivity (Wildman–Crippen MR) is 66.8 cm³/mol. The molecule has 0 N–H and O–H groups in total. The normalized spacial score (nSPS) is 10.1. The van der Waals surface area contributed by atoms with Crippen molar-refractivity contribution in [3.63, 3.8) is 0 Å². The summed E-state index contributed by atoms with van der Waals surface area (Å²) in [6.07, 6.45) is 2.45. The van der Waals surface area contributed by atoms with Crippen molar-refractivity contribution < 1.29 is 9.18 Å². The molecule has 0 atom stereocenters. The molecule has 0 radical (unpaired) electrons.